The van der Waals surface area contributed by atoms with Gasteiger partial charge in [0.05, 0.1) is 6.26 Å². The van der Waals surface area contributed by atoms with Crippen LogP contribution >= 0.6 is 11.8 Å². The van der Waals surface area contributed by atoms with Crippen LogP contribution in [0, 0.1) is 0 Å². The van der Waals surface area contributed by atoms with Gasteiger partial charge in [0.15, 0.2) is 17.2 Å². The van der Waals surface area contributed by atoms with Gasteiger partial charge in [0, 0.05) is 17.2 Å². The molecule has 0 aliphatic carbocycles. The zero-order chi connectivity index (χ0) is 15.4. The number of rotatable bonds is 4. The Morgan fingerprint density at radius 3 is 2.59 bits per heavy atom. The molecule has 1 aromatic carbocycles. The third kappa shape index (κ3) is 3.04. The molecule has 0 saturated carbocycles. The summed E-state index contributed by atoms with van der Waals surface area (Å²) in [5.41, 5.74) is 0.737. The highest BCUT2D eigenvalue weighted by Gasteiger charge is 2.13. The molecule has 0 saturated heterocycles. The van der Waals surface area contributed by atoms with Gasteiger partial charge < -0.3 is 8.83 Å². The second-order valence-corrected chi connectivity index (χ2v) is 5.31. The van der Waals surface area contributed by atoms with Crippen LogP contribution in [0.25, 0.3) is 11.5 Å². The summed E-state index contributed by atoms with van der Waals surface area (Å²) in [4.78, 5) is 17.2. The largest absolute Gasteiger partial charge is 0.461 e. The van der Waals surface area contributed by atoms with E-state index in [9.17, 15) is 4.79 Å². The Morgan fingerprint density at radius 1 is 1.09 bits per heavy atom. The van der Waals surface area contributed by atoms with Crippen LogP contribution in [0.4, 0.5) is 5.69 Å². The van der Waals surface area contributed by atoms with Gasteiger partial charge in [-0.25, -0.2) is 9.79 Å². The molecular formula is C17H13NO3S. The molecule has 3 rings (SSSR count). The van der Waals surface area contributed by atoms with E-state index in [4.69, 9.17) is 8.83 Å². The molecule has 5 heteroatoms. The highest BCUT2D eigenvalue weighted by atomic mass is 32.2. The van der Waals surface area contributed by atoms with Gasteiger partial charge in [0.1, 0.15) is 0 Å². The molecule has 0 spiro atoms. The van der Waals surface area contributed by atoms with E-state index in [2.05, 4.69) is 4.99 Å². The molecule has 3 aromatic rings. The Morgan fingerprint density at radius 2 is 1.91 bits per heavy atom. The lowest BCUT2D eigenvalue weighted by atomic mass is 10.2. The van der Waals surface area contributed by atoms with Crippen LogP contribution in [0.3, 0.4) is 0 Å². The second kappa shape index (κ2) is 6.49. The molecule has 0 fully saturated rings. The fourth-order valence-electron chi connectivity index (χ4n) is 1.96. The van der Waals surface area contributed by atoms with Crippen LogP contribution in [0.5, 0.6) is 0 Å². The number of benzene rings is 1. The van der Waals surface area contributed by atoms with Crippen molar-refractivity contribution in [2.24, 2.45) is 4.99 Å². The molecular weight excluding hydrogens is 298 g/mol. The fraction of sp³-hybridized carbons (Fsp3) is 0.0588. The predicted molar refractivity (Wildman–Crippen MR) is 88.2 cm³/mol. The number of nitrogens with zero attached hydrogens (tertiary/aromatic N) is 1. The van der Waals surface area contributed by atoms with E-state index >= 15 is 0 Å². The molecule has 0 radical (unpaired) electrons. The summed E-state index contributed by atoms with van der Waals surface area (Å²) in [5, 5.41) is 0. The summed E-state index contributed by atoms with van der Waals surface area (Å²) < 4.78 is 10.6. The molecule has 110 valence electrons. The third-order valence-electron chi connectivity index (χ3n) is 3.02. The van der Waals surface area contributed by atoms with Crippen molar-refractivity contribution in [1.82, 2.24) is 0 Å². The van der Waals surface area contributed by atoms with Crippen molar-refractivity contribution in [2.75, 3.05) is 6.26 Å². The molecule has 0 atom stereocenters. The lowest BCUT2D eigenvalue weighted by molar-refractivity contribution is 0.489. The molecule has 0 unspecified atom stereocenters. The fourth-order valence-corrected chi connectivity index (χ4v) is 2.51. The first-order chi connectivity index (χ1) is 10.8. The second-order valence-electron chi connectivity index (χ2n) is 4.46. The van der Waals surface area contributed by atoms with Gasteiger partial charge in [-0.15, -0.1) is 11.8 Å². The third-order valence-corrected chi connectivity index (χ3v) is 3.77. The zero-order valence-corrected chi connectivity index (χ0v) is 12.7. The van der Waals surface area contributed by atoms with Gasteiger partial charge in [-0.2, -0.15) is 0 Å². The van der Waals surface area contributed by atoms with Crippen LogP contribution in [-0.4, -0.2) is 12.5 Å². The summed E-state index contributed by atoms with van der Waals surface area (Å²) in [6.45, 7) is 0. The maximum absolute atomic E-state index is 12.2. The normalized spacial score (nSPS) is 11.1. The molecule has 4 nitrogen and oxygen atoms in total. The van der Waals surface area contributed by atoms with Crippen molar-refractivity contribution < 1.29 is 8.83 Å². The molecule has 2 aromatic heterocycles. The first-order valence-corrected chi connectivity index (χ1v) is 7.85. The van der Waals surface area contributed by atoms with E-state index < -0.39 is 5.63 Å². The lowest BCUT2D eigenvalue weighted by Crippen LogP contribution is -2.01. The topological polar surface area (TPSA) is 55.7 Å². The summed E-state index contributed by atoms with van der Waals surface area (Å²) in [7, 11) is 0. The summed E-state index contributed by atoms with van der Waals surface area (Å²) in [6, 6.07) is 14.9. The van der Waals surface area contributed by atoms with E-state index in [-0.39, 0.29) is 0 Å². The van der Waals surface area contributed by atoms with Gasteiger partial charge in [-0.05, 0) is 24.0 Å². The highest BCUT2D eigenvalue weighted by Crippen LogP contribution is 2.29. The standard InChI is InChI=1S/C17H13NO3S/c1-22-15-10-14(13-8-5-9-20-13)21-17(19)16(15)18-11-12-6-3-2-4-7-12/h2-11H,1H3. The van der Waals surface area contributed by atoms with E-state index in [0.717, 1.165) is 10.5 Å². The number of furan rings is 1. The summed E-state index contributed by atoms with van der Waals surface area (Å²) in [5.74, 6) is 0.920. The van der Waals surface area contributed by atoms with Crippen LogP contribution < -0.4 is 5.63 Å². The molecule has 2 heterocycles. The molecule has 0 amide bonds. The number of aliphatic imine (C=N–C) groups is 1. The van der Waals surface area contributed by atoms with Crippen LogP contribution in [0.15, 0.2) is 78.3 Å². The van der Waals surface area contributed by atoms with E-state index in [1.807, 2.05) is 36.6 Å². The average molecular weight is 311 g/mol. The number of hydrogen-bond donors (Lipinski definition) is 0. The van der Waals surface area contributed by atoms with Crippen LogP contribution in [0.1, 0.15) is 5.56 Å². The Balaban J connectivity index is 2.01. The monoisotopic (exact) mass is 311 g/mol. The van der Waals surface area contributed by atoms with E-state index in [0.29, 0.717) is 17.2 Å². The average Bonchev–Trinajstić information content (AvgIpc) is 3.08. The van der Waals surface area contributed by atoms with Crippen molar-refractivity contribution in [3.05, 3.63) is 70.8 Å². The van der Waals surface area contributed by atoms with Crippen molar-refractivity contribution in [1.29, 1.82) is 0 Å². The van der Waals surface area contributed by atoms with Crippen molar-refractivity contribution in [3.63, 3.8) is 0 Å². The van der Waals surface area contributed by atoms with E-state index in [1.165, 1.54) is 18.0 Å². The molecule has 22 heavy (non-hydrogen) atoms. The quantitative estimate of drug-likeness (QED) is 0.530. The minimum Gasteiger partial charge on any atom is -0.461 e. The zero-order valence-electron chi connectivity index (χ0n) is 11.9. The van der Waals surface area contributed by atoms with Crippen molar-refractivity contribution in [2.45, 2.75) is 4.90 Å². The Kier molecular flexibility index (Phi) is 4.25. The summed E-state index contributed by atoms with van der Waals surface area (Å²) >= 11 is 1.44. The Bertz CT molecular complexity index is 836. The highest BCUT2D eigenvalue weighted by molar-refractivity contribution is 7.98. The van der Waals surface area contributed by atoms with Gasteiger partial charge in [-0.1, -0.05) is 30.3 Å². The van der Waals surface area contributed by atoms with Gasteiger partial charge in [0.25, 0.3) is 0 Å². The first-order valence-electron chi connectivity index (χ1n) is 6.63. The number of thioether (sulfide) groups is 1. The summed E-state index contributed by atoms with van der Waals surface area (Å²) in [6.07, 6.45) is 5.08. The van der Waals surface area contributed by atoms with Gasteiger partial charge in [-0.3, -0.25) is 0 Å². The minimum atomic E-state index is -0.481. The van der Waals surface area contributed by atoms with Crippen molar-refractivity contribution in [3.8, 4) is 11.5 Å². The SMILES string of the molecule is CSc1cc(-c2ccco2)oc(=O)c1N=Cc1ccccc1. The van der Waals surface area contributed by atoms with Crippen molar-refractivity contribution >= 4 is 23.7 Å². The van der Waals surface area contributed by atoms with Gasteiger partial charge >= 0.3 is 5.63 Å². The minimum absolute atomic E-state index is 0.298. The maximum Gasteiger partial charge on any atom is 0.363 e. The Hall–Kier alpha value is -2.53. The maximum atomic E-state index is 12.2. The molecule has 0 bridgehead atoms. The van der Waals surface area contributed by atoms with E-state index in [1.54, 1.807) is 24.4 Å². The predicted octanol–water partition coefficient (Wildman–Crippen LogP) is 4.37. The smallest absolute Gasteiger partial charge is 0.363 e. The molecule has 0 aliphatic rings. The first kappa shape index (κ1) is 14.4. The van der Waals surface area contributed by atoms with Gasteiger partial charge in [0.2, 0.25) is 0 Å². The molecule has 0 aliphatic heterocycles. The Labute approximate surface area is 131 Å². The van der Waals surface area contributed by atoms with Crippen LogP contribution in [0.2, 0.25) is 0 Å². The molecule has 0 N–H and O–H groups in total. The number of hydrogen-bond acceptors (Lipinski definition) is 5. The van der Waals surface area contributed by atoms with Crippen LogP contribution in [-0.2, 0) is 0 Å². The lowest BCUT2D eigenvalue weighted by Gasteiger charge is -2.03.